The number of rotatable bonds is 9. The predicted molar refractivity (Wildman–Crippen MR) is 115 cm³/mol. The van der Waals surface area contributed by atoms with Gasteiger partial charge in [-0.15, -0.1) is 16.8 Å². The lowest BCUT2D eigenvalue weighted by Crippen LogP contribution is -2.15. The number of anilines is 1. The first-order valence-electron chi connectivity index (χ1n) is 8.97. The molecule has 2 aromatic carbocycles. The Kier molecular flexibility index (Phi) is 6.87. The summed E-state index contributed by atoms with van der Waals surface area (Å²) < 4.78 is 7.27. The second kappa shape index (κ2) is 9.75. The zero-order valence-corrected chi connectivity index (χ0v) is 17.1. The lowest BCUT2D eigenvalue weighted by atomic mass is 10.2. The Labute approximate surface area is 177 Å². The van der Waals surface area contributed by atoms with Crippen LogP contribution in [-0.2, 0) is 11.3 Å². The molecule has 3 aromatic rings. The van der Waals surface area contributed by atoms with E-state index in [-0.39, 0.29) is 17.2 Å². The second-order valence-electron chi connectivity index (χ2n) is 6.13. The van der Waals surface area contributed by atoms with Crippen LogP contribution in [-0.4, -0.2) is 44.6 Å². The van der Waals surface area contributed by atoms with Gasteiger partial charge in [0.25, 0.3) is 0 Å². The Morgan fingerprint density at radius 1 is 1.23 bits per heavy atom. The first-order valence-corrected chi connectivity index (χ1v) is 9.95. The van der Waals surface area contributed by atoms with E-state index in [2.05, 4.69) is 22.1 Å². The highest BCUT2D eigenvalue weighted by molar-refractivity contribution is 7.99. The molecular formula is C21H20N4O4S. The number of nitrogens with zero attached hydrogens (tertiary/aromatic N) is 3. The molecule has 2 N–H and O–H groups in total. The molecule has 30 heavy (non-hydrogen) atoms. The maximum Gasteiger partial charge on any atom is 0.335 e. The van der Waals surface area contributed by atoms with E-state index in [1.54, 1.807) is 25.3 Å². The van der Waals surface area contributed by atoms with Gasteiger partial charge in [-0.05, 0) is 30.3 Å². The summed E-state index contributed by atoms with van der Waals surface area (Å²) in [6, 6.07) is 13.6. The van der Waals surface area contributed by atoms with Gasteiger partial charge in [-0.2, -0.15) is 0 Å². The van der Waals surface area contributed by atoms with Crippen molar-refractivity contribution in [1.82, 2.24) is 14.8 Å². The number of methoxy groups -OCH3 is 1. The third-order valence-electron chi connectivity index (χ3n) is 4.10. The van der Waals surface area contributed by atoms with Gasteiger partial charge in [0.15, 0.2) is 11.0 Å². The molecule has 0 unspecified atom stereocenters. The number of para-hydroxylation sites is 1. The van der Waals surface area contributed by atoms with Crippen LogP contribution >= 0.6 is 11.8 Å². The molecule has 0 aliphatic heterocycles. The fraction of sp³-hybridized carbons (Fsp3) is 0.143. The van der Waals surface area contributed by atoms with Gasteiger partial charge in [0.05, 0.1) is 24.0 Å². The Morgan fingerprint density at radius 2 is 2.03 bits per heavy atom. The Balaban J connectivity index is 1.75. The topological polar surface area (TPSA) is 106 Å². The number of benzene rings is 2. The van der Waals surface area contributed by atoms with Gasteiger partial charge in [0, 0.05) is 12.2 Å². The number of carboxylic acids is 1. The monoisotopic (exact) mass is 424 g/mol. The van der Waals surface area contributed by atoms with Crippen molar-refractivity contribution in [3.8, 4) is 17.1 Å². The van der Waals surface area contributed by atoms with Crippen molar-refractivity contribution in [3.05, 3.63) is 66.7 Å². The summed E-state index contributed by atoms with van der Waals surface area (Å²) in [5.41, 5.74) is 1.31. The molecule has 1 heterocycles. The number of nitrogens with one attached hydrogen (secondary N) is 1. The molecule has 0 aliphatic carbocycles. The van der Waals surface area contributed by atoms with Crippen LogP contribution in [0.3, 0.4) is 0 Å². The molecule has 9 heteroatoms. The molecular weight excluding hydrogens is 404 g/mol. The summed E-state index contributed by atoms with van der Waals surface area (Å²) >= 11 is 1.23. The number of thioether (sulfide) groups is 1. The van der Waals surface area contributed by atoms with Crippen molar-refractivity contribution in [2.45, 2.75) is 11.7 Å². The SMILES string of the molecule is C=CCn1c(SCC(=O)Nc2cccc(C(=O)O)c2)nnc1-c1ccccc1OC. The quantitative estimate of drug-likeness (QED) is 0.399. The number of hydrogen-bond donors (Lipinski definition) is 2. The van der Waals surface area contributed by atoms with Crippen molar-refractivity contribution < 1.29 is 19.4 Å². The number of amides is 1. The van der Waals surface area contributed by atoms with E-state index in [1.165, 1.54) is 23.9 Å². The van der Waals surface area contributed by atoms with Crippen LogP contribution in [0.1, 0.15) is 10.4 Å². The third kappa shape index (κ3) is 4.87. The number of allylic oxidation sites excluding steroid dienone is 1. The maximum atomic E-state index is 12.3. The Bertz CT molecular complexity index is 1080. The molecule has 0 spiro atoms. The lowest BCUT2D eigenvalue weighted by molar-refractivity contribution is -0.113. The smallest absolute Gasteiger partial charge is 0.335 e. The molecule has 0 atom stereocenters. The minimum absolute atomic E-state index is 0.0818. The number of aromatic nitrogens is 3. The van der Waals surface area contributed by atoms with E-state index >= 15 is 0 Å². The summed E-state index contributed by atoms with van der Waals surface area (Å²) in [4.78, 5) is 23.4. The minimum atomic E-state index is -1.05. The van der Waals surface area contributed by atoms with Gasteiger partial charge in [0.1, 0.15) is 5.75 Å². The number of aromatic carboxylic acids is 1. The molecule has 0 saturated heterocycles. The van der Waals surface area contributed by atoms with E-state index in [4.69, 9.17) is 9.84 Å². The fourth-order valence-corrected chi connectivity index (χ4v) is 3.52. The largest absolute Gasteiger partial charge is 0.496 e. The number of carbonyl (C=O) groups excluding carboxylic acids is 1. The van der Waals surface area contributed by atoms with E-state index in [0.717, 1.165) is 5.56 Å². The van der Waals surface area contributed by atoms with Gasteiger partial charge in [-0.3, -0.25) is 9.36 Å². The zero-order valence-electron chi connectivity index (χ0n) is 16.2. The molecule has 8 nitrogen and oxygen atoms in total. The van der Waals surface area contributed by atoms with E-state index < -0.39 is 5.97 Å². The number of carbonyl (C=O) groups is 2. The van der Waals surface area contributed by atoms with Gasteiger partial charge in [-0.25, -0.2) is 4.79 Å². The van der Waals surface area contributed by atoms with Crippen LogP contribution in [0.2, 0.25) is 0 Å². The summed E-state index contributed by atoms with van der Waals surface area (Å²) in [5, 5.41) is 20.8. The van der Waals surface area contributed by atoms with Crippen LogP contribution in [0.5, 0.6) is 5.75 Å². The maximum absolute atomic E-state index is 12.3. The summed E-state index contributed by atoms with van der Waals surface area (Å²) in [5.74, 6) is 0.0297. The standard InChI is InChI=1S/C21H20N4O4S/c1-3-11-25-19(16-9-4-5-10-17(16)29-2)23-24-21(25)30-13-18(26)22-15-8-6-7-14(12-15)20(27)28/h3-10,12H,1,11,13H2,2H3,(H,22,26)(H,27,28). The highest BCUT2D eigenvalue weighted by atomic mass is 32.2. The molecule has 154 valence electrons. The molecule has 1 amide bonds. The van der Waals surface area contributed by atoms with Gasteiger partial charge >= 0.3 is 5.97 Å². The van der Waals surface area contributed by atoms with Crippen molar-refractivity contribution in [1.29, 1.82) is 0 Å². The molecule has 0 bridgehead atoms. The first kappa shape index (κ1) is 21.1. The zero-order chi connectivity index (χ0) is 21.5. The fourth-order valence-electron chi connectivity index (χ4n) is 2.77. The predicted octanol–water partition coefficient (Wildman–Crippen LogP) is 3.57. The third-order valence-corrected chi connectivity index (χ3v) is 5.07. The van der Waals surface area contributed by atoms with Gasteiger partial charge in [0.2, 0.25) is 5.91 Å². The second-order valence-corrected chi connectivity index (χ2v) is 7.07. The van der Waals surface area contributed by atoms with E-state index in [1.807, 2.05) is 28.8 Å². The average Bonchev–Trinajstić information content (AvgIpc) is 3.15. The Morgan fingerprint density at radius 3 is 2.77 bits per heavy atom. The van der Waals surface area contributed by atoms with Crippen LogP contribution in [0.15, 0.2) is 66.3 Å². The molecule has 0 radical (unpaired) electrons. The highest BCUT2D eigenvalue weighted by Crippen LogP contribution is 2.30. The number of hydrogen-bond acceptors (Lipinski definition) is 6. The molecule has 0 saturated carbocycles. The molecule has 0 aliphatic rings. The van der Waals surface area contributed by atoms with Gasteiger partial charge in [-0.1, -0.05) is 36.0 Å². The van der Waals surface area contributed by atoms with Crippen molar-refractivity contribution in [2.75, 3.05) is 18.2 Å². The minimum Gasteiger partial charge on any atom is -0.496 e. The van der Waals surface area contributed by atoms with Crippen LogP contribution in [0.4, 0.5) is 5.69 Å². The average molecular weight is 424 g/mol. The van der Waals surface area contributed by atoms with Crippen molar-refractivity contribution >= 4 is 29.3 Å². The highest BCUT2D eigenvalue weighted by Gasteiger charge is 2.17. The lowest BCUT2D eigenvalue weighted by Gasteiger charge is -2.10. The number of ether oxygens (including phenoxy) is 1. The Hall–Kier alpha value is -3.59. The number of carboxylic acid groups (broad SMARTS) is 1. The van der Waals surface area contributed by atoms with Crippen LogP contribution in [0, 0.1) is 0 Å². The summed E-state index contributed by atoms with van der Waals surface area (Å²) in [6.07, 6.45) is 1.73. The van der Waals surface area contributed by atoms with Crippen molar-refractivity contribution in [2.24, 2.45) is 0 Å². The van der Waals surface area contributed by atoms with E-state index in [9.17, 15) is 9.59 Å². The van der Waals surface area contributed by atoms with Crippen LogP contribution < -0.4 is 10.1 Å². The molecule has 0 fully saturated rings. The van der Waals surface area contributed by atoms with Crippen molar-refractivity contribution in [3.63, 3.8) is 0 Å². The summed E-state index contributed by atoms with van der Waals surface area (Å²) in [7, 11) is 1.59. The normalized spacial score (nSPS) is 10.4. The molecule has 1 aromatic heterocycles. The molecule has 3 rings (SSSR count). The van der Waals surface area contributed by atoms with Crippen LogP contribution in [0.25, 0.3) is 11.4 Å². The first-order chi connectivity index (χ1) is 14.5. The van der Waals surface area contributed by atoms with Gasteiger partial charge < -0.3 is 15.2 Å². The summed E-state index contributed by atoms with van der Waals surface area (Å²) in [6.45, 7) is 4.25. The van der Waals surface area contributed by atoms with E-state index in [0.29, 0.717) is 29.0 Å².